The van der Waals surface area contributed by atoms with Crippen LogP contribution < -0.4 is 11.1 Å². The zero-order valence-electron chi connectivity index (χ0n) is 17.3. The van der Waals surface area contributed by atoms with Gasteiger partial charge in [-0.15, -0.1) is 11.3 Å². The summed E-state index contributed by atoms with van der Waals surface area (Å²) < 4.78 is 14.6. The predicted molar refractivity (Wildman–Crippen MR) is 119 cm³/mol. The van der Waals surface area contributed by atoms with Gasteiger partial charge in [0.2, 0.25) is 0 Å². The molecule has 0 fully saturated rings. The van der Waals surface area contributed by atoms with Gasteiger partial charge in [-0.2, -0.15) is 10.4 Å². The number of carbonyl (C=O) groups excluding carboxylic acids is 1. The van der Waals surface area contributed by atoms with Gasteiger partial charge in [0, 0.05) is 11.4 Å². The lowest BCUT2D eigenvalue weighted by Crippen LogP contribution is -2.24. The standard InChI is InChI=1S/C23H24FN5OS/c1-14-4-9-20-15(11-14)12-21(31-20)23(30)27-10-2-3-19-18(13-25)22(26)29(28-19)17-7-5-16(24)6-8-17/h5-8,12,14H,2-4,9-11,26H2,1H3,(H,27,30). The van der Waals surface area contributed by atoms with Crippen molar-refractivity contribution in [3.05, 3.63) is 62.7 Å². The van der Waals surface area contributed by atoms with Crippen molar-refractivity contribution in [1.82, 2.24) is 15.1 Å². The summed E-state index contributed by atoms with van der Waals surface area (Å²) in [5.74, 6) is 0.497. The third-order valence-electron chi connectivity index (χ3n) is 5.61. The zero-order valence-corrected chi connectivity index (χ0v) is 18.1. The van der Waals surface area contributed by atoms with E-state index in [1.807, 2.05) is 6.07 Å². The van der Waals surface area contributed by atoms with Gasteiger partial charge in [-0.3, -0.25) is 4.79 Å². The molecule has 0 bridgehead atoms. The summed E-state index contributed by atoms with van der Waals surface area (Å²) >= 11 is 1.60. The maximum absolute atomic E-state index is 13.2. The van der Waals surface area contributed by atoms with Gasteiger partial charge in [0.1, 0.15) is 23.3 Å². The number of benzene rings is 1. The average molecular weight is 438 g/mol. The third kappa shape index (κ3) is 4.47. The molecule has 0 aliphatic heterocycles. The number of nitrogens with two attached hydrogens (primary N) is 1. The molecule has 3 aromatic rings. The van der Waals surface area contributed by atoms with Gasteiger partial charge in [0.05, 0.1) is 16.3 Å². The van der Waals surface area contributed by atoms with Crippen LogP contribution in [0.1, 0.15) is 51.1 Å². The second-order valence-corrected chi connectivity index (χ2v) is 9.11. The Hall–Kier alpha value is -3.18. The van der Waals surface area contributed by atoms with Gasteiger partial charge in [-0.1, -0.05) is 6.92 Å². The number of nitriles is 1. The largest absolute Gasteiger partial charge is 0.382 e. The molecule has 4 rings (SSSR count). The van der Waals surface area contributed by atoms with Gasteiger partial charge in [0.15, 0.2) is 0 Å². The number of nitrogens with zero attached hydrogens (tertiary/aromatic N) is 3. The summed E-state index contributed by atoms with van der Waals surface area (Å²) in [7, 11) is 0. The molecule has 0 radical (unpaired) electrons. The molecule has 1 atom stereocenters. The summed E-state index contributed by atoms with van der Waals surface area (Å²) in [5, 5.41) is 16.9. The van der Waals surface area contributed by atoms with E-state index in [0.29, 0.717) is 42.2 Å². The highest BCUT2D eigenvalue weighted by molar-refractivity contribution is 7.14. The Labute approximate surface area is 184 Å². The Morgan fingerprint density at radius 1 is 1.42 bits per heavy atom. The summed E-state index contributed by atoms with van der Waals surface area (Å²) in [5.41, 5.74) is 8.87. The number of amides is 1. The number of carbonyl (C=O) groups is 1. The van der Waals surface area contributed by atoms with Crippen LogP contribution in [0.3, 0.4) is 0 Å². The second kappa shape index (κ2) is 8.90. The molecule has 1 aliphatic carbocycles. The van der Waals surface area contributed by atoms with Gasteiger partial charge < -0.3 is 11.1 Å². The van der Waals surface area contributed by atoms with Gasteiger partial charge in [0.25, 0.3) is 5.91 Å². The van der Waals surface area contributed by atoms with Crippen LogP contribution in [0.2, 0.25) is 0 Å². The average Bonchev–Trinajstić information content (AvgIpc) is 3.32. The Kier molecular flexibility index (Phi) is 6.05. The molecule has 1 unspecified atom stereocenters. The fourth-order valence-corrected chi connectivity index (χ4v) is 5.04. The van der Waals surface area contributed by atoms with Crippen LogP contribution in [0, 0.1) is 23.1 Å². The molecule has 0 saturated carbocycles. The number of hydrogen-bond donors (Lipinski definition) is 2. The Morgan fingerprint density at radius 2 is 2.19 bits per heavy atom. The minimum absolute atomic E-state index is 0.0519. The fourth-order valence-electron chi connectivity index (χ4n) is 3.92. The third-order valence-corrected chi connectivity index (χ3v) is 6.84. The Bertz CT molecular complexity index is 1140. The van der Waals surface area contributed by atoms with E-state index in [9.17, 15) is 14.4 Å². The number of nitrogens with one attached hydrogen (secondary N) is 1. The van der Waals surface area contributed by atoms with Crippen molar-refractivity contribution >= 4 is 23.1 Å². The molecule has 8 heteroatoms. The van der Waals surface area contributed by atoms with Crippen LogP contribution in [0.15, 0.2) is 30.3 Å². The number of thiophene rings is 1. The lowest BCUT2D eigenvalue weighted by atomic mass is 9.90. The number of hydrogen-bond acceptors (Lipinski definition) is 5. The first-order valence-electron chi connectivity index (χ1n) is 10.4. The molecule has 6 nitrogen and oxygen atoms in total. The quantitative estimate of drug-likeness (QED) is 0.570. The lowest BCUT2D eigenvalue weighted by Gasteiger charge is -2.16. The van der Waals surface area contributed by atoms with Crippen LogP contribution in [0.25, 0.3) is 5.69 Å². The van der Waals surface area contributed by atoms with E-state index in [0.717, 1.165) is 17.7 Å². The van der Waals surface area contributed by atoms with E-state index in [-0.39, 0.29) is 17.5 Å². The normalized spacial score (nSPS) is 15.3. The van der Waals surface area contributed by atoms with Gasteiger partial charge >= 0.3 is 0 Å². The maximum Gasteiger partial charge on any atom is 0.261 e. The first-order valence-corrected chi connectivity index (χ1v) is 11.2. The molecule has 31 heavy (non-hydrogen) atoms. The molecule has 2 aromatic heterocycles. The molecule has 2 heterocycles. The first-order chi connectivity index (χ1) is 15.0. The lowest BCUT2D eigenvalue weighted by molar-refractivity contribution is 0.0957. The molecule has 160 valence electrons. The van der Waals surface area contributed by atoms with Crippen molar-refractivity contribution in [2.75, 3.05) is 12.3 Å². The Morgan fingerprint density at radius 3 is 2.94 bits per heavy atom. The van der Waals surface area contributed by atoms with Crippen LogP contribution in [-0.2, 0) is 19.3 Å². The number of rotatable bonds is 6. The van der Waals surface area contributed by atoms with Crippen molar-refractivity contribution in [3.63, 3.8) is 0 Å². The molecule has 1 amide bonds. The molecule has 0 saturated heterocycles. The molecular weight excluding hydrogens is 413 g/mol. The summed E-state index contributed by atoms with van der Waals surface area (Å²) in [6.45, 7) is 2.73. The molecule has 3 N–H and O–H groups in total. The second-order valence-electron chi connectivity index (χ2n) is 7.97. The van der Waals surface area contributed by atoms with E-state index in [1.165, 1.54) is 33.7 Å². The zero-order chi connectivity index (χ0) is 22.0. The van der Waals surface area contributed by atoms with Gasteiger partial charge in [-0.25, -0.2) is 9.07 Å². The summed E-state index contributed by atoms with van der Waals surface area (Å²) in [4.78, 5) is 14.6. The van der Waals surface area contributed by atoms with Crippen molar-refractivity contribution < 1.29 is 9.18 Å². The minimum Gasteiger partial charge on any atom is -0.382 e. The highest BCUT2D eigenvalue weighted by Crippen LogP contribution is 2.32. The first kappa shape index (κ1) is 21.1. The van der Waals surface area contributed by atoms with Gasteiger partial charge in [-0.05, 0) is 73.9 Å². The number of nitrogen functional groups attached to an aromatic ring is 1. The Balaban J connectivity index is 1.36. The number of halogens is 1. The van der Waals surface area contributed by atoms with Crippen molar-refractivity contribution in [2.45, 2.75) is 39.0 Å². The molecule has 1 aliphatic rings. The molecule has 1 aromatic carbocycles. The molecule has 0 spiro atoms. The summed E-state index contributed by atoms with van der Waals surface area (Å²) in [6.07, 6.45) is 4.42. The van der Waals surface area contributed by atoms with Crippen LogP contribution in [-0.4, -0.2) is 22.2 Å². The van der Waals surface area contributed by atoms with Crippen LogP contribution in [0.5, 0.6) is 0 Å². The molecular formula is C23H24FN5OS. The predicted octanol–water partition coefficient (Wildman–Crippen LogP) is 4.01. The van der Waals surface area contributed by atoms with Crippen molar-refractivity contribution in [2.24, 2.45) is 5.92 Å². The highest BCUT2D eigenvalue weighted by atomic mass is 32.1. The fraction of sp³-hybridized carbons (Fsp3) is 0.348. The van der Waals surface area contributed by atoms with Crippen molar-refractivity contribution in [1.29, 1.82) is 5.26 Å². The minimum atomic E-state index is -0.355. The van der Waals surface area contributed by atoms with Crippen LogP contribution >= 0.6 is 11.3 Å². The number of fused-ring (bicyclic) bond motifs is 1. The van der Waals surface area contributed by atoms with E-state index in [1.54, 1.807) is 23.5 Å². The smallest absolute Gasteiger partial charge is 0.261 e. The van der Waals surface area contributed by atoms with E-state index < -0.39 is 0 Å². The number of aromatic nitrogens is 2. The van der Waals surface area contributed by atoms with E-state index in [4.69, 9.17) is 5.73 Å². The van der Waals surface area contributed by atoms with Crippen LogP contribution in [0.4, 0.5) is 10.2 Å². The topological polar surface area (TPSA) is 96.7 Å². The SMILES string of the molecule is CC1CCc2sc(C(=O)NCCCc3nn(-c4ccc(F)cc4)c(N)c3C#N)cc2C1. The number of anilines is 1. The highest BCUT2D eigenvalue weighted by Gasteiger charge is 2.21. The maximum atomic E-state index is 13.2. The monoisotopic (exact) mass is 437 g/mol. The van der Waals surface area contributed by atoms with E-state index >= 15 is 0 Å². The summed E-state index contributed by atoms with van der Waals surface area (Å²) in [6, 6.07) is 9.90. The van der Waals surface area contributed by atoms with E-state index in [2.05, 4.69) is 23.4 Å². The van der Waals surface area contributed by atoms with Crippen molar-refractivity contribution in [3.8, 4) is 11.8 Å². The number of aryl methyl sites for hydroxylation is 2.